The molecule has 1 aliphatic heterocycles. The largest absolute Gasteiger partial charge is 0.497 e. The van der Waals surface area contributed by atoms with E-state index in [0.717, 1.165) is 5.56 Å². The Morgan fingerprint density at radius 3 is 2.26 bits per heavy atom. The average molecular weight is 426 g/mol. The summed E-state index contributed by atoms with van der Waals surface area (Å²) in [7, 11) is 3.13. The average Bonchev–Trinajstić information content (AvgIpc) is 2.79. The molecular formula is C24H31N3O4. The molecule has 7 heteroatoms. The quantitative estimate of drug-likeness (QED) is 0.739. The number of nitrogens with zero attached hydrogens (tertiary/aromatic N) is 2. The zero-order chi connectivity index (χ0) is 22.4. The van der Waals surface area contributed by atoms with Crippen molar-refractivity contribution in [2.75, 3.05) is 52.3 Å². The second-order valence-corrected chi connectivity index (χ2v) is 8.17. The summed E-state index contributed by atoms with van der Waals surface area (Å²) < 4.78 is 10.5. The first-order chi connectivity index (χ1) is 14.8. The van der Waals surface area contributed by atoms with Crippen molar-refractivity contribution < 1.29 is 19.1 Å². The van der Waals surface area contributed by atoms with Crippen molar-refractivity contribution in [2.45, 2.75) is 19.3 Å². The van der Waals surface area contributed by atoms with Gasteiger partial charge in [-0.1, -0.05) is 30.3 Å². The molecule has 1 saturated heterocycles. The van der Waals surface area contributed by atoms with Crippen LogP contribution < -0.4 is 14.8 Å². The smallest absolute Gasteiger partial charge is 0.238 e. The molecule has 2 aromatic carbocycles. The van der Waals surface area contributed by atoms with Crippen LogP contribution in [0.25, 0.3) is 0 Å². The number of methoxy groups -OCH3 is 2. The monoisotopic (exact) mass is 425 g/mol. The number of amides is 2. The second kappa shape index (κ2) is 9.83. The first-order valence-corrected chi connectivity index (χ1v) is 10.4. The highest BCUT2D eigenvalue weighted by molar-refractivity contribution is 5.94. The molecule has 7 nitrogen and oxygen atoms in total. The van der Waals surface area contributed by atoms with Crippen LogP contribution in [0.15, 0.2) is 48.5 Å². The molecule has 1 N–H and O–H groups in total. The van der Waals surface area contributed by atoms with Gasteiger partial charge in [0.05, 0.1) is 31.9 Å². The predicted molar refractivity (Wildman–Crippen MR) is 121 cm³/mol. The number of piperazine rings is 1. The Morgan fingerprint density at radius 1 is 0.968 bits per heavy atom. The molecule has 166 valence electrons. The summed E-state index contributed by atoms with van der Waals surface area (Å²) in [4.78, 5) is 29.6. The molecule has 0 saturated carbocycles. The van der Waals surface area contributed by atoms with Crippen molar-refractivity contribution in [3.8, 4) is 11.5 Å². The minimum absolute atomic E-state index is 0.116. The maximum Gasteiger partial charge on any atom is 0.238 e. The van der Waals surface area contributed by atoms with E-state index >= 15 is 0 Å². The Balaban J connectivity index is 1.53. The number of carbonyl (C=O) groups is 2. The SMILES string of the molecule is COc1ccc(NC(=O)CN2CCN(C(=O)C(C)(C)c3ccccc3)CC2)c(OC)c1. The lowest BCUT2D eigenvalue weighted by Crippen LogP contribution is -2.54. The summed E-state index contributed by atoms with van der Waals surface area (Å²) in [5.41, 5.74) is 1.04. The summed E-state index contributed by atoms with van der Waals surface area (Å²) in [6.45, 7) is 6.72. The van der Waals surface area contributed by atoms with Gasteiger partial charge in [-0.2, -0.15) is 0 Å². The van der Waals surface area contributed by atoms with Crippen LogP contribution in [0.5, 0.6) is 11.5 Å². The highest BCUT2D eigenvalue weighted by Gasteiger charge is 2.35. The van der Waals surface area contributed by atoms with Crippen LogP contribution in [0.1, 0.15) is 19.4 Å². The van der Waals surface area contributed by atoms with E-state index in [-0.39, 0.29) is 18.4 Å². The van der Waals surface area contributed by atoms with Gasteiger partial charge in [0.15, 0.2) is 0 Å². The lowest BCUT2D eigenvalue weighted by Gasteiger charge is -2.38. The molecule has 1 heterocycles. The van der Waals surface area contributed by atoms with Crippen LogP contribution >= 0.6 is 0 Å². The number of nitrogens with one attached hydrogen (secondary N) is 1. The molecule has 0 unspecified atom stereocenters. The van der Waals surface area contributed by atoms with Crippen LogP contribution in [0.4, 0.5) is 5.69 Å². The number of ether oxygens (including phenoxy) is 2. The Labute approximate surface area is 183 Å². The minimum Gasteiger partial charge on any atom is -0.497 e. The zero-order valence-electron chi connectivity index (χ0n) is 18.7. The van der Waals surface area contributed by atoms with Crippen molar-refractivity contribution in [3.63, 3.8) is 0 Å². The predicted octanol–water partition coefficient (Wildman–Crippen LogP) is 2.76. The van der Waals surface area contributed by atoms with Crippen molar-refractivity contribution in [1.29, 1.82) is 0 Å². The Bertz CT molecular complexity index is 906. The minimum atomic E-state index is -0.578. The topological polar surface area (TPSA) is 71.1 Å². The van der Waals surface area contributed by atoms with E-state index in [2.05, 4.69) is 10.2 Å². The lowest BCUT2D eigenvalue weighted by molar-refractivity contribution is -0.138. The van der Waals surface area contributed by atoms with Crippen molar-refractivity contribution in [3.05, 3.63) is 54.1 Å². The second-order valence-electron chi connectivity index (χ2n) is 8.17. The van der Waals surface area contributed by atoms with E-state index in [0.29, 0.717) is 43.4 Å². The van der Waals surface area contributed by atoms with Gasteiger partial charge in [-0.05, 0) is 31.5 Å². The molecular weight excluding hydrogens is 394 g/mol. The normalized spacial score (nSPS) is 14.8. The number of hydrogen-bond acceptors (Lipinski definition) is 5. The summed E-state index contributed by atoms with van der Waals surface area (Å²) >= 11 is 0. The van der Waals surface area contributed by atoms with Crippen molar-refractivity contribution >= 4 is 17.5 Å². The van der Waals surface area contributed by atoms with Gasteiger partial charge in [0.25, 0.3) is 0 Å². The van der Waals surface area contributed by atoms with Crippen LogP contribution in [0.3, 0.4) is 0 Å². The number of rotatable bonds is 7. The first kappa shape index (κ1) is 22.6. The van der Waals surface area contributed by atoms with E-state index in [4.69, 9.17) is 9.47 Å². The standard InChI is InChI=1S/C24H31N3O4/c1-24(2,18-8-6-5-7-9-18)23(29)27-14-12-26(13-15-27)17-22(28)25-20-11-10-19(30-3)16-21(20)31-4/h5-11,16H,12-15,17H2,1-4H3,(H,25,28). The van der Waals surface area contributed by atoms with E-state index in [1.54, 1.807) is 32.4 Å². The third kappa shape index (κ3) is 5.35. The van der Waals surface area contributed by atoms with Gasteiger partial charge in [-0.15, -0.1) is 0 Å². The number of carbonyl (C=O) groups excluding carboxylic acids is 2. The summed E-state index contributed by atoms with van der Waals surface area (Å²) in [6, 6.07) is 15.1. The first-order valence-electron chi connectivity index (χ1n) is 10.4. The number of anilines is 1. The number of benzene rings is 2. The molecule has 3 rings (SSSR count). The molecule has 0 atom stereocenters. The van der Waals surface area contributed by atoms with Crippen molar-refractivity contribution in [2.24, 2.45) is 0 Å². The fourth-order valence-corrected chi connectivity index (χ4v) is 3.78. The van der Waals surface area contributed by atoms with Gasteiger partial charge >= 0.3 is 0 Å². The highest BCUT2D eigenvalue weighted by Crippen LogP contribution is 2.29. The van der Waals surface area contributed by atoms with Gasteiger partial charge < -0.3 is 19.7 Å². The van der Waals surface area contributed by atoms with Gasteiger partial charge in [-0.3, -0.25) is 14.5 Å². The zero-order valence-corrected chi connectivity index (χ0v) is 18.7. The van der Waals surface area contributed by atoms with Gasteiger partial charge in [0.1, 0.15) is 11.5 Å². The fourth-order valence-electron chi connectivity index (χ4n) is 3.78. The maximum absolute atomic E-state index is 13.1. The van der Waals surface area contributed by atoms with E-state index in [1.807, 2.05) is 49.1 Å². The van der Waals surface area contributed by atoms with Crippen LogP contribution in [0, 0.1) is 0 Å². The number of hydrogen-bond donors (Lipinski definition) is 1. The molecule has 0 aromatic heterocycles. The summed E-state index contributed by atoms with van der Waals surface area (Å²) in [5.74, 6) is 1.21. The van der Waals surface area contributed by atoms with Crippen LogP contribution in [0.2, 0.25) is 0 Å². The van der Waals surface area contributed by atoms with E-state index in [1.165, 1.54) is 0 Å². The molecule has 1 fully saturated rings. The molecule has 0 radical (unpaired) electrons. The molecule has 2 aromatic rings. The maximum atomic E-state index is 13.1. The molecule has 31 heavy (non-hydrogen) atoms. The van der Waals surface area contributed by atoms with E-state index < -0.39 is 5.41 Å². The van der Waals surface area contributed by atoms with E-state index in [9.17, 15) is 9.59 Å². The van der Waals surface area contributed by atoms with Crippen molar-refractivity contribution in [1.82, 2.24) is 9.80 Å². The Kier molecular flexibility index (Phi) is 7.17. The Morgan fingerprint density at radius 2 is 1.65 bits per heavy atom. The van der Waals surface area contributed by atoms with Crippen LogP contribution in [-0.2, 0) is 15.0 Å². The molecule has 1 aliphatic rings. The van der Waals surface area contributed by atoms with Gasteiger partial charge in [-0.25, -0.2) is 0 Å². The lowest BCUT2D eigenvalue weighted by atomic mass is 9.83. The molecule has 0 aliphatic carbocycles. The molecule has 0 bridgehead atoms. The third-order valence-corrected chi connectivity index (χ3v) is 5.74. The molecule has 2 amide bonds. The summed E-state index contributed by atoms with van der Waals surface area (Å²) in [6.07, 6.45) is 0. The Hall–Kier alpha value is -3.06. The van der Waals surface area contributed by atoms with Gasteiger partial charge in [0.2, 0.25) is 11.8 Å². The molecule has 0 spiro atoms. The van der Waals surface area contributed by atoms with Gasteiger partial charge in [0, 0.05) is 32.2 Å². The highest BCUT2D eigenvalue weighted by atomic mass is 16.5. The third-order valence-electron chi connectivity index (χ3n) is 5.74. The van der Waals surface area contributed by atoms with Crippen LogP contribution in [-0.4, -0.2) is 68.6 Å². The summed E-state index contributed by atoms with van der Waals surface area (Å²) in [5, 5.41) is 2.90. The fraction of sp³-hybridized carbons (Fsp3) is 0.417.